The lowest BCUT2D eigenvalue weighted by Gasteiger charge is -2.33. The van der Waals surface area contributed by atoms with Crippen LogP contribution in [0.1, 0.15) is 29.9 Å². The molecule has 0 atom stereocenters. The number of carbonyl (C=O) groups excluding carboxylic acids is 1. The minimum Gasteiger partial charge on any atom is -0.481 e. The molecule has 2 rings (SSSR count). The van der Waals surface area contributed by atoms with Gasteiger partial charge in [0.1, 0.15) is 5.76 Å². The number of amides is 1. The van der Waals surface area contributed by atoms with Crippen molar-refractivity contribution in [3.05, 3.63) is 17.0 Å². The Balaban J connectivity index is 1.95. The molecule has 0 spiro atoms. The van der Waals surface area contributed by atoms with Gasteiger partial charge in [-0.25, -0.2) is 0 Å². The first-order chi connectivity index (χ1) is 9.94. The smallest absolute Gasteiger partial charge is 0.311 e. The van der Waals surface area contributed by atoms with Crippen molar-refractivity contribution in [1.82, 2.24) is 10.5 Å². The van der Waals surface area contributed by atoms with Gasteiger partial charge in [-0.05, 0) is 26.7 Å². The Bertz CT molecular complexity index is 512. The first-order valence-corrected chi connectivity index (χ1v) is 6.94. The van der Waals surface area contributed by atoms with E-state index in [1.807, 2.05) is 0 Å². The predicted octanol–water partition coefficient (Wildman–Crippen LogP) is 0.832. The first kappa shape index (κ1) is 15.5. The van der Waals surface area contributed by atoms with Crippen LogP contribution in [0.5, 0.6) is 0 Å². The van der Waals surface area contributed by atoms with Gasteiger partial charge in [0.25, 0.3) is 0 Å². The van der Waals surface area contributed by atoms with Gasteiger partial charge in [0, 0.05) is 25.3 Å². The van der Waals surface area contributed by atoms with Crippen molar-refractivity contribution in [2.75, 3.05) is 19.8 Å². The van der Waals surface area contributed by atoms with Crippen LogP contribution >= 0.6 is 0 Å². The molecule has 116 valence electrons. The number of carboxylic acids is 1. The highest BCUT2D eigenvalue weighted by molar-refractivity contribution is 5.81. The molecular formula is C14H20N2O5. The van der Waals surface area contributed by atoms with Crippen molar-refractivity contribution in [2.24, 2.45) is 5.41 Å². The zero-order valence-electron chi connectivity index (χ0n) is 12.3. The van der Waals surface area contributed by atoms with Gasteiger partial charge in [-0.2, -0.15) is 0 Å². The Kier molecular flexibility index (Phi) is 4.62. The largest absolute Gasteiger partial charge is 0.481 e. The normalized spacial score (nSPS) is 17.4. The maximum atomic E-state index is 12.0. The average Bonchev–Trinajstić information content (AvgIpc) is 2.78. The van der Waals surface area contributed by atoms with E-state index in [4.69, 9.17) is 9.26 Å². The molecule has 1 aliphatic rings. The Morgan fingerprint density at radius 1 is 1.33 bits per heavy atom. The van der Waals surface area contributed by atoms with E-state index < -0.39 is 11.4 Å². The summed E-state index contributed by atoms with van der Waals surface area (Å²) in [6.45, 7) is 4.46. The third-order valence-electron chi connectivity index (χ3n) is 4.05. The molecule has 1 fully saturated rings. The highest BCUT2D eigenvalue weighted by atomic mass is 16.5. The molecule has 0 aromatic carbocycles. The van der Waals surface area contributed by atoms with E-state index in [0.29, 0.717) is 37.5 Å². The third-order valence-corrected chi connectivity index (χ3v) is 4.05. The summed E-state index contributed by atoms with van der Waals surface area (Å²) in [6.07, 6.45) is 0.967. The second-order valence-electron chi connectivity index (χ2n) is 5.45. The number of nitrogens with zero attached hydrogens (tertiary/aromatic N) is 1. The minimum absolute atomic E-state index is 0.119. The summed E-state index contributed by atoms with van der Waals surface area (Å²) in [5.74, 6) is -0.499. The summed E-state index contributed by atoms with van der Waals surface area (Å²) < 4.78 is 10.2. The second kappa shape index (κ2) is 6.26. The molecule has 1 aliphatic heterocycles. The molecule has 2 heterocycles. The molecule has 21 heavy (non-hydrogen) atoms. The van der Waals surface area contributed by atoms with Gasteiger partial charge in [0.15, 0.2) is 0 Å². The summed E-state index contributed by atoms with van der Waals surface area (Å²) in [6, 6.07) is 0. The minimum atomic E-state index is -0.924. The van der Waals surface area contributed by atoms with Crippen LogP contribution in [0.2, 0.25) is 0 Å². The number of rotatable bonds is 5. The zero-order chi connectivity index (χ0) is 15.5. The monoisotopic (exact) mass is 296 g/mol. The van der Waals surface area contributed by atoms with E-state index in [1.54, 1.807) is 13.8 Å². The van der Waals surface area contributed by atoms with Crippen LogP contribution < -0.4 is 5.32 Å². The maximum Gasteiger partial charge on any atom is 0.311 e. The Labute approximate surface area is 122 Å². The van der Waals surface area contributed by atoms with Gasteiger partial charge >= 0.3 is 5.97 Å². The molecule has 0 radical (unpaired) electrons. The topological polar surface area (TPSA) is 102 Å². The zero-order valence-corrected chi connectivity index (χ0v) is 12.3. The summed E-state index contributed by atoms with van der Waals surface area (Å²) in [5, 5.41) is 15.9. The number of ether oxygens (including phenoxy) is 1. The fraction of sp³-hybridized carbons (Fsp3) is 0.643. The number of aliphatic carboxylic acids is 1. The van der Waals surface area contributed by atoms with Gasteiger partial charge in [-0.1, -0.05) is 5.16 Å². The highest BCUT2D eigenvalue weighted by Crippen LogP contribution is 2.30. The number of carboxylic acid groups (broad SMARTS) is 1. The van der Waals surface area contributed by atoms with Crippen molar-refractivity contribution in [1.29, 1.82) is 0 Å². The summed E-state index contributed by atoms with van der Waals surface area (Å²) in [4.78, 5) is 23.5. The molecule has 1 aromatic heterocycles. The van der Waals surface area contributed by atoms with E-state index in [1.165, 1.54) is 0 Å². The van der Waals surface area contributed by atoms with Crippen LogP contribution in [0.25, 0.3) is 0 Å². The van der Waals surface area contributed by atoms with Crippen molar-refractivity contribution in [3.63, 3.8) is 0 Å². The van der Waals surface area contributed by atoms with Gasteiger partial charge in [-0.15, -0.1) is 0 Å². The Morgan fingerprint density at radius 2 is 2.00 bits per heavy atom. The number of aromatic nitrogens is 1. The standard InChI is InChI=1S/C14H20N2O5/c1-9-11(10(2)21-16-9)7-12(17)15-8-14(13(18)19)3-5-20-6-4-14/h3-8H2,1-2H3,(H,15,17)(H,18,19). The summed E-state index contributed by atoms with van der Waals surface area (Å²) in [5.41, 5.74) is 0.512. The lowest BCUT2D eigenvalue weighted by molar-refractivity contribution is -0.154. The molecule has 1 aromatic rings. The fourth-order valence-corrected chi connectivity index (χ4v) is 2.47. The number of carbonyl (C=O) groups is 2. The molecule has 7 heteroatoms. The van der Waals surface area contributed by atoms with Crippen molar-refractivity contribution in [3.8, 4) is 0 Å². The van der Waals surface area contributed by atoms with Crippen LogP contribution in [-0.4, -0.2) is 41.9 Å². The van der Waals surface area contributed by atoms with E-state index in [9.17, 15) is 14.7 Å². The highest BCUT2D eigenvalue weighted by Gasteiger charge is 2.40. The lowest BCUT2D eigenvalue weighted by Crippen LogP contribution is -2.46. The fourth-order valence-electron chi connectivity index (χ4n) is 2.47. The van der Waals surface area contributed by atoms with E-state index in [2.05, 4.69) is 10.5 Å². The lowest BCUT2D eigenvalue weighted by atomic mass is 9.80. The summed E-state index contributed by atoms with van der Waals surface area (Å²) >= 11 is 0. The van der Waals surface area contributed by atoms with Gasteiger partial charge in [-0.3, -0.25) is 9.59 Å². The molecular weight excluding hydrogens is 276 g/mol. The van der Waals surface area contributed by atoms with Gasteiger partial charge < -0.3 is 19.7 Å². The van der Waals surface area contributed by atoms with Crippen LogP contribution in [0.15, 0.2) is 4.52 Å². The van der Waals surface area contributed by atoms with E-state index in [0.717, 1.165) is 5.56 Å². The van der Waals surface area contributed by atoms with Crippen LogP contribution in [0.4, 0.5) is 0 Å². The molecule has 2 N–H and O–H groups in total. The van der Waals surface area contributed by atoms with Crippen molar-refractivity contribution >= 4 is 11.9 Å². The number of aryl methyl sites for hydroxylation is 2. The molecule has 1 saturated heterocycles. The SMILES string of the molecule is Cc1noc(C)c1CC(=O)NCC1(C(=O)O)CCOCC1. The average molecular weight is 296 g/mol. The third kappa shape index (κ3) is 3.41. The summed E-state index contributed by atoms with van der Waals surface area (Å²) in [7, 11) is 0. The molecule has 0 unspecified atom stereocenters. The predicted molar refractivity (Wildman–Crippen MR) is 72.8 cm³/mol. The first-order valence-electron chi connectivity index (χ1n) is 6.94. The quantitative estimate of drug-likeness (QED) is 0.834. The molecule has 1 amide bonds. The van der Waals surface area contributed by atoms with E-state index in [-0.39, 0.29) is 18.9 Å². The van der Waals surface area contributed by atoms with Crippen LogP contribution in [0, 0.1) is 19.3 Å². The van der Waals surface area contributed by atoms with Crippen molar-refractivity contribution < 1.29 is 24.0 Å². The van der Waals surface area contributed by atoms with Gasteiger partial charge in [0.05, 0.1) is 17.5 Å². The van der Waals surface area contributed by atoms with Crippen LogP contribution in [0.3, 0.4) is 0 Å². The van der Waals surface area contributed by atoms with Crippen LogP contribution in [-0.2, 0) is 20.7 Å². The van der Waals surface area contributed by atoms with Crippen molar-refractivity contribution in [2.45, 2.75) is 33.1 Å². The molecule has 0 aliphatic carbocycles. The Morgan fingerprint density at radius 3 is 2.52 bits per heavy atom. The molecule has 0 bridgehead atoms. The number of hydrogen-bond donors (Lipinski definition) is 2. The Hall–Kier alpha value is -1.89. The number of nitrogens with one attached hydrogen (secondary N) is 1. The molecule has 7 nitrogen and oxygen atoms in total. The second-order valence-corrected chi connectivity index (χ2v) is 5.45. The molecule has 0 saturated carbocycles. The maximum absolute atomic E-state index is 12.0. The number of hydrogen-bond acceptors (Lipinski definition) is 5. The van der Waals surface area contributed by atoms with Gasteiger partial charge in [0.2, 0.25) is 5.91 Å². The van der Waals surface area contributed by atoms with E-state index >= 15 is 0 Å².